The molecule has 0 aliphatic heterocycles. The Morgan fingerprint density at radius 2 is 1.84 bits per heavy atom. The molecular weight excluding hydrogens is 408 g/mol. The minimum atomic E-state index is -0.261. The molecule has 2 aliphatic carbocycles. The quantitative estimate of drug-likeness (QED) is 0.470. The number of carbonyl (C=O) groups excluding carboxylic acids is 1. The van der Waals surface area contributed by atoms with Crippen LogP contribution >= 0.6 is 11.8 Å². The first kappa shape index (κ1) is 20.1. The van der Waals surface area contributed by atoms with E-state index in [9.17, 15) is 4.79 Å². The third-order valence-electron chi connectivity index (χ3n) is 5.57. The van der Waals surface area contributed by atoms with E-state index in [1.54, 1.807) is 0 Å². The monoisotopic (exact) mass is 434 g/mol. The van der Waals surface area contributed by atoms with Crippen molar-refractivity contribution in [3.05, 3.63) is 66.0 Å². The number of thioether (sulfide) groups is 1. The number of ether oxygens (including phenoxy) is 1. The molecule has 31 heavy (non-hydrogen) atoms. The molecular formula is C24H26N4O2S. The first-order valence-electron chi connectivity index (χ1n) is 10.9. The number of amides is 1. The first-order valence-corrected chi connectivity index (χ1v) is 11.7. The number of carbonyl (C=O) groups is 1. The number of hydrogen-bond acceptors (Lipinski definition) is 5. The highest BCUT2D eigenvalue weighted by molar-refractivity contribution is 8.00. The van der Waals surface area contributed by atoms with Crippen LogP contribution in [0, 0.1) is 0 Å². The lowest BCUT2D eigenvalue weighted by molar-refractivity contribution is -0.115. The largest absolute Gasteiger partial charge is 0.489 e. The topological polar surface area (TPSA) is 69.0 Å². The minimum absolute atomic E-state index is 0.0405. The van der Waals surface area contributed by atoms with Gasteiger partial charge >= 0.3 is 0 Å². The summed E-state index contributed by atoms with van der Waals surface area (Å²) in [7, 11) is 0. The highest BCUT2D eigenvalue weighted by Crippen LogP contribution is 2.46. The smallest absolute Gasteiger partial charge is 0.237 e. The molecule has 2 aromatic carbocycles. The van der Waals surface area contributed by atoms with Gasteiger partial charge in [-0.1, -0.05) is 42.1 Å². The van der Waals surface area contributed by atoms with Crippen LogP contribution in [0.15, 0.2) is 59.8 Å². The lowest BCUT2D eigenvalue weighted by atomic mass is 10.2. The normalized spacial score (nSPS) is 16.7. The molecule has 7 heteroatoms. The summed E-state index contributed by atoms with van der Waals surface area (Å²) in [6.07, 6.45) is 4.78. The zero-order valence-electron chi connectivity index (χ0n) is 17.5. The van der Waals surface area contributed by atoms with Crippen LogP contribution in [-0.2, 0) is 11.4 Å². The van der Waals surface area contributed by atoms with Gasteiger partial charge in [0, 0.05) is 17.6 Å². The molecule has 2 saturated carbocycles. The summed E-state index contributed by atoms with van der Waals surface area (Å²) in [4.78, 5) is 12.7. The number of nitrogens with zero attached hydrogens (tertiary/aromatic N) is 3. The second kappa shape index (κ2) is 8.75. The summed E-state index contributed by atoms with van der Waals surface area (Å²) in [5.74, 6) is 2.41. The molecule has 1 N–H and O–H groups in total. The molecule has 1 atom stereocenters. The van der Waals surface area contributed by atoms with Crippen LogP contribution in [0.4, 0.5) is 5.69 Å². The van der Waals surface area contributed by atoms with Crippen LogP contribution in [-0.4, -0.2) is 25.9 Å². The fourth-order valence-corrected chi connectivity index (χ4v) is 4.42. The molecule has 3 aromatic rings. The second-order valence-electron chi connectivity index (χ2n) is 8.26. The van der Waals surface area contributed by atoms with Crippen LogP contribution in [0.25, 0.3) is 0 Å². The Balaban J connectivity index is 1.16. The van der Waals surface area contributed by atoms with E-state index >= 15 is 0 Å². The number of rotatable bonds is 9. The molecule has 0 saturated heterocycles. The molecule has 0 radical (unpaired) electrons. The first-order chi connectivity index (χ1) is 15.2. The zero-order chi connectivity index (χ0) is 21.2. The van der Waals surface area contributed by atoms with E-state index in [4.69, 9.17) is 4.74 Å². The van der Waals surface area contributed by atoms with Crippen molar-refractivity contribution in [1.29, 1.82) is 0 Å². The van der Waals surface area contributed by atoms with Crippen LogP contribution in [0.5, 0.6) is 5.75 Å². The Bertz CT molecular complexity index is 1040. The predicted molar refractivity (Wildman–Crippen MR) is 121 cm³/mol. The van der Waals surface area contributed by atoms with E-state index in [0.717, 1.165) is 28.0 Å². The second-order valence-corrected chi connectivity index (χ2v) is 9.57. The Hall–Kier alpha value is -2.80. The number of benzene rings is 2. The van der Waals surface area contributed by atoms with Crippen molar-refractivity contribution in [3.8, 4) is 5.75 Å². The van der Waals surface area contributed by atoms with Crippen molar-refractivity contribution < 1.29 is 9.53 Å². The average Bonchev–Trinajstić information content (AvgIpc) is 3.73. The maximum Gasteiger partial charge on any atom is 0.237 e. The lowest BCUT2D eigenvalue weighted by Crippen LogP contribution is -2.23. The van der Waals surface area contributed by atoms with Crippen molar-refractivity contribution in [2.24, 2.45) is 0 Å². The maximum absolute atomic E-state index is 12.7. The van der Waals surface area contributed by atoms with Gasteiger partial charge in [0.1, 0.15) is 18.2 Å². The van der Waals surface area contributed by atoms with Gasteiger partial charge in [-0.05, 0) is 62.4 Å². The Morgan fingerprint density at radius 3 is 2.52 bits per heavy atom. The number of aromatic nitrogens is 3. The van der Waals surface area contributed by atoms with Crippen molar-refractivity contribution in [2.75, 3.05) is 5.32 Å². The fraction of sp³-hybridized carbons (Fsp3) is 0.375. The Morgan fingerprint density at radius 1 is 1.10 bits per heavy atom. The average molecular weight is 435 g/mol. The summed E-state index contributed by atoms with van der Waals surface area (Å²) in [6, 6.07) is 18.1. The van der Waals surface area contributed by atoms with Gasteiger partial charge in [-0.15, -0.1) is 10.2 Å². The van der Waals surface area contributed by atoms with Crippen molar-refractivity contribution in [2.45, 2.75) is 61.6 Å². The summed E-state index contributed by atoms with van der Waals surface area (Å²) in [6.45, 7) is 2.44. The van der Waals surface area contributed by atoms with Gasteiger partial charge in [0.2, 0.25) is 5.91 Å². The Labute approximate surface area is 186 Å². The number of nitrogens with one attached hydrogen (secondary N) is 1. The van der Waals surface area contributed by atoms with Gasteiger partial charge in [-0.25, -0.2) is 0 Å². The van der Waals surface area contributed by atoms with Crippen molar-refractivity contribution >= 4 is 23.4 Å². The number of anilines is 1. The van der Waals surface area contributed by atoms with E-state index in [0.29, 0.717) is 18.6 Å². The molecule has 1 heterocycles. The number of hydrogen-bond donors (Lipinski definition) is 1. The summed E-state index contributed by atoms with van der Waals surface area (Å²) in [5.41, 5.74) is 1.88. The van der Waals surface area contributed by atoms with Gasteiger partial charge in [0.05, 0.1) is 5.25 Å². The molecule has 2 aliphatic rings. The van der Waals surface area contributed by atoms with Gasteiger partial charge < -0.3 is 14.6 Å². The van der Waals surface area contributed by atoms with Crippen LogP contribution < -0.4 is 10.1 Å². The van der Waals surface area contributed by atoms with E-state index in [2.05, 4.69) is 20.1 Å². The van der Waals surface area contributed by atoms with Gasteiger partial charge in [-0.3, -0.25) is 4.79 Å². The minimum Gasteiger partial charge on any atom is -0.489 e. The van der Waals surface area contributed by atoms with Gasteiger partial charge in [0.25, 0.3) is 0 Å². The van der Waals surface area contributed by atoms with E-state index < -0.39 is 0 Å². The maximum atomic E-state index is 12.7. The van der Waals surface area contributed by atoms with Gasteiger partial charge in [0.15, 0.2) is 5.16 Å². The fourth-order valence-electron chi connectivity index (χ4n) is 3.50. The van der Waals surface area contributed by atoms with Crippen LogP contribution in [0.1, 0.15) is 56.0 Å². The summed E-state index contributed by atoms with van der Waals surface area (Å²) < 4.78 is 8.09. The lowest BCUT2D eigenvalue weighted by Gasteiger charge is -2.14. The van der Waals surface area contributed by atoms with Crippen molar-refractivity contribution in [3.63, 3.8) is 0 Å². The molecule has 0 spiro atoms. The van der Waals surface area contributed by atoms with E-state index in [-0.39, 0.29) is 11.2 Å². The molecule has 1 aromatic heterocycles. The highest BCUT2D eigenvalue weighted by atomic mass is 32.2. The third-order valence-corrected chi connectivity index (χ3v) is 6.62. The zero-order valence-corrected chi connectivity index (χ0v) is 18.3. The van der Waals surface area contributed by atoms with Crippen LogP contribution in [0.2, 0.25) is 0 Å². The van der Waals surface area contributed by atoms with Gasteiger partial charge in [-0.2, -0.15) is 0 Å². The SMILES string of the molecule is CC(Sc1nnc(C2CC2)n1C1CC1)C(=O)Nc1ccc(OCc2ccccc2)cc1. The van der Waals surface area contributed by atoms with Crippen molar-refractivity contribution in [1.82, 2.24) is 14.8 Å². The predicted octanol–water partition coefficient (Wildman–Crippen LogP) is 5.19. The molecule has 5 rings (SSSR count). The third kappa shape index (κ3) is 4.93. The molecule has 0 bridgehead atoms. The van der Waals surface area contributed by atoms with E-state index in [1.807, 2.05) is 61.5 Å². The molecule has 1 amide bonds. The molecule has 2 fully saturated rings. The molecule has 160 valence electrons. The van der Waals surface area contributed by atoms with E-state index in [1.165, 1.54) is 37.4 Å². The Kier molecular flexibility index (Phi) is 5.68. The highest BCUT2D eigenvalue weighted by Gasteiger charge is 2.37. The van der Waals surface area contributed by atoms with Crippen LogP contribution in [0.3, 0.4) is 0 Å². The summed E-state index contributed by atoms with van der Waals surface area (Å²) in [5, 5.41) is 12.4. The summed E-state index contributed by atoms with van der Waals surface area (Å²) >= 11 is 1.49. The standard InChI is InChI=1S/C24H26N4O2S/c1-16(31-24-27-26-22(18-7-8-18)28(24)20-11-12-20)23(29)25-19-9-13-21(14-10-19)30-15-17-5-3-2-4-6-17/h2-6,9-10,13-14,16,18,20H,7-8,11-12,15H2,1H3,(H,25,29). The molecule has 6 nitrogen and oxygen atoms in total. The molecule has 1 unspecified atom stereocenters.